The normalized spacial score (nSPS) is 9.00. The van der Waals surface area contributed by atoms with Gasteiger partial charge in [-0.05, 0) is 33.1 Å². The van der Waals surface area contributed by atoms with Crippen molar-refractivity contribution in [3.8, 4) is 0 Å². The number of allylic oxidation sites excluding steroid dienone is 2. The Morgan fingerprint density at radius 2 is 2.10 bits per heavy atom. The van der Waals surface area contributed by atoms with Crippen molar-refractivity contribution < 1.29 is 9.90 Å². The lowest BCUT2D eigenvalue weighted by Crippen LogP contribution is -2.21. The maximum atomic E-state index is 9.91. The van der Waals surface area contributed by atoms with Crippen molar-refractivity contribution in [1.29, 1.82) is 0 Å². The highest BCUT2D eigenvalue weighted by atomic mass is 16.4. The van der Waals surface area contributed by atoms with Crippen LogP contribution < -0.4 is 5.11 Å². The third-order valence-electron chi connectivity index (χ3n) is 1.14. The van der Waals surface area contributed by atoms with Gasteiger partial charge in [0.1, 0.15) is 0 Å². The van der Waals surface area contributed by atoms with Gasteiger partial charge in [-0.25, -0.2) is 0 Å². The van der Waals surface area contributed by atoms with Gasteiger partial charge in [-0.2, -0.15) is 0 Å². The second-order valence-electron chi connectivity index (χ2n) is 2.55. The Morgan fingerprint density at radius 1 is 1.50 bits per heavy atom. The van der Waals surface area contributed by atoms with Gasteiger partial charge in [0.15, 0.2) is 0 Å². The maximum Gasteiger partial charge on any atom is 0.0414 e. The Kier molecular flexibility index (Phi) is 4.63. The minimum Gasteiger partial charge on any atom is -0.550 e. The summed E-state index contributed by atoms with van der Waals surface area (Å²) in [5, 5.41) is 9.91. The fourth-order valence-corrected chi connectivity index (χ4v) is 0.637. The van der Waals surface area contributed by atoms with E-state index < -0.39 is 5.97 Å². The van der Waals surface area contributed by atoms with Crippen molar-refractivity contribution in [1.82, 2.24) is 0 Å². The lowest BCUT2D eigenvalue weighted by atomic mass is 10.2. The van der Waals surface area contributed by atoms with Crippen LogP contribution in [0.15, 0.2) is 11.6 Å². The maximum absolute atomic E-state index is 9.91. The molecule has 0 saturated heterocycles. The molecule has 0 unspecified atom stereocenters. The van der Waals surface area contributed by atoms with Crippen LogP contribution in [0.1, 0.15) is 33.1 Å². The van der Waals surface area contributed by atoms with Gasteiger partial charge >= 0.3 is 0 Å². The van der Waals surface area contributed by atoms with Crippen molar-refractivity contribution in [2.24, 2.45) is 0 Å². The molecule has 10 heavy (non-hydrogen) atoms. The number of unbranched alkanes of at least 4 members (excludes halogenated alkanes) is 1. The molecule has 0 amide bonds. The molecule has 0 rings (SSSR count). The van der Waals surface area contributed by atoms with Gasteiger partial charge in [0.2, 0.25) is 0 Å². The number of carbonyl (C=O) groups excluding carboxylic acids is 1. The van der Waals surface area contributed by atoms with Crippen LogP contribution in [0.5, 0.6) is 0 Å². The molecule has 0 saturated carbocycles. The number of hydrogen-bond donors (Lipinski definition) is 0. The summed E-state index contributed by atoms with van der Waals surface area (Å²) in [5.74, 6) is -0.956. The molecular weight excluding hydrogens is 128 g/mol. The number of carboxylic acids is 1. The SMILES string of the molecule is CC(C)=CCCCC(=O)[O-]. The molecule has 2 heteroatoms. The molecule has 0 radical (unpaired) electrons. The van der Waals surface area contributed by atoms with Crippen LogP contribution in [-0.4, -0.2) is 5.97 Å². The molecule has 0 aromatic carbocycles. The summed E-state index contributed by atoms with van der Waals surface area (Å²) in [5.41, 5.74) is 1.23. The minimum atomic E-state index is -0.956. The van der Waals surface area contributed by atoms with Gasteiger partial charge in [0.05, 0.1) is 0 Å². The van der Waals surface area contributed by atoms with Crippen molar-refractivity contribution in [2.75, 3.05) is 0 Å². The summed E-state index contributed by atoms with van der Waals surface area (Å²) in [7, 11) is 0. The minimum absolute atomic E-state index is 0.170. The molecule has 0 bridgehead atoms. The second kappa shape index (κ2) is 5.03. The van der Waals surface area contributed by atoms with Gasteiger partial charge in [-0.3, -0.25) is 0 Å². The number of carboxylic acid groups (broad SMARTS) is 1. The molecule has 0 fully saturated rings. The fraction of sp³-hybridized carbons (Fsp3) is 0.625. The van der Waals surface area contributed by atoms with Crippen LogP contribution in [0.4, 0.5) is 0 Å². The first kappa shape index (κ1) is 9.21. The Labute approximate surface area is 61.6 Å². The highest BCUT2D eigenvalue weighted by Crippen LogP contribution is 1.98. The highest BCUT2D eigenvalue weighted by molar-refractivity contribution is 5.64. The first-order chi connectivity index (χ1) is 4.63. The van der Waals surface area contributed by atoms with E-state index in [0.717, 1.165) is 6.42 Å². The topological polar surface area (TPSA) is 40.1 Å². The summed E-state index contributed by atoms with van der Waals surface area (Å²) >= 11 is 0. The largest absolute Gasteiger partial charge is 0.550 e. The van der Waals surface area contributed by atoms with Crippen LogP contribution in [0.2, 0.25) is 0 Å². The number of hydrogen-bond acceptors (Lipinski definition) is 2. The summed E-state index contributed by atoms with van der Waals surface area (Å²) in [6.45, 7) is 4.00. The Morgan fingerprint density at radius 3 is 2.50 bits per heavy atom. The Hall–Kier alpha value is -0.790. The van der Waals surface area contributed by atoms with Crippen molar-refractivity contribution >= 4 is 5.97 Å². The predicted molar refractivity (Wildman–Crippen MR) is 38.3 cm³/mol. The molecule has 58 valence electrons. The van der Waals surface area contributed by atoms with Gasteiger partial charge in [0.25, 0.3) is 0 Å². The smallest absolute Gasteiger partial charge is 0.0414 e. The van der Waals surface area contributed by atoms with E-state index >= 15 is 0 Å². The second-order valence-corrected chi connectivity index (χ2v) is 2.55. The molecule has 0 atom stereocenters. The van der Waals surface area contributed by atoms with E-state index in [1.54, 1.807) is 0 Å². The molecule has 0 heterocycles. The zero-order valence-corrected chi connectivity index (χ0v) is 6.52. The van der Waals surface area contributed by atoms with E-state index in [4.69, 9.17) is 0 Å². The standard InChI is InChI=1S/C8H14O2/c1-7(2)5-3-4-6-8(9)10/h5H,3-4,6H2,1-2H3,(H,9,10)/p-1. The van der Waals surface area contributed by atoms with Gasteiger partial charge < -0.3 is 9.90 Å². The third-order valence-corrected chi connectivity index (χ3v) is 1.14. The summed E-state index contributed by atoms with van der Waals surface area (Å²) in [6.07, 6.45) is 3.73. The van der Waals surface area contributed by atoms with Crippen LogP contribution in [0.25, 0.3) is 0 Å². The lowest BCUT2D eigenvalue weighted by molar-refractivity contribution is -0.305. The van der Waals surface area contributed by atoms with Crippen LogP contribution in [0, 0.1) is 0 Å². The Bertz CT molecular complexity index is 132. The molecule has 0 aromatic heterocycles. The zero-order chi connectivity index (χ0) is 7.98. The van der Waals surface area contributed by atoms with Gasteiger partial charge in [-0.15, -0.1) is 0 Å². The first-order valence-electron chi connectivity index (χ1n) is 3.46. The van der Waals surface area contributed by atoms with Gasteiger partial charge in [0, 0.05) is 5.97 Å². The molecule has 0 aliphatic rings. The van der Waals surface area contributed by atoms with E-state index in [0.29, 0.717) is 6.42 Å². The van der Waals surface area contributed by atoms with Crippen molar-refractivity contribution in [3.63, 3.8) is 0 Å². The molecular formula is C8H13O2-. The Balaban J connectivity index is 3.21. The van der Waals surface area contributed by atoms with E-state index in [1.165, 1.54) is 5.57 Å². The molecule has 0 aliphatic heterocycles. The summed E-state index contributed by atoms with van der Waals surface area (Å²) in [4.78, 5) is 9.91. The first-order valence-corrected chi connectivity index (χ1v) is 3.46. The quantitative estimate of drug-likeness (QED) is 0.430. The van der Waals surface area contributed by atoms with Crippen LogP contribution in [-0.2, 0) is 4.79 Å². The van der Waals surface area contributed by atoms with E-state index in [2.05, 4.69) is 0 Å². The average molecular weight is 141 g/mol. The van der Waals surface area contributed by atoms with Crippen LogP contribution >= 0.6 is 0 Å². The fourth-order valence-electron chi connectivity index (χ4n) is 0.637. The summed E-state index contributed by atoms with van der Waals surface area (Å²) in [6, 6.07) is 0. The van der Waals surface area contributed by atoms with Crippen LogP contribution in [0.3, 0.4) is 0 Å². The number of aliphatic carboxylic acids is 1. The van der Waals surface area contributed by atoms with E-state index in [-0.39, 0.29) is 6.42 Å². The lowest BCUT2D eigenvalue weighted by Gasteiger charge is -1.97. The van der Waals surface area contributed by atoms with Gasteiger partial charge in [-0.1, -0.05) is 11.6 Å². The predicted octanol–water partition coefficient (Wildman–Crippen LogP) is 0.873. The highest BCUT2D eigenvalue weighted by Gasteiger charge is 1.85. The number of carbonyl (C=O) groups is 1. The number of rotatable bonds is 4. The molecule has 0 aromatic rings. The molecule has 0 spiro atoms. The molecule has 0 aliphatic carbocycles. The molecule has 0 N–H and O–H groups in total. The molecule has 2 nitrogen and oxygen atoms in total. The van der Waals surface area contributed by atoms with Crippen molar-refractivity contribution in [2.45, 2.75) is 33.1 Å². The van der Waals surface area contributed by atoms with Crippen molar-refractivity contribution in [3.05, 3.63) is 11.6 Å². The summed E-state index contributed by atoms with van der Waals surface area (Å²) < 4.78 is 0. The third kappa shape index (κ3) is 7.21. The van der Waals surface area contributed by atoms with E-state index in [1.807, 2.05) is 19.9 Å². The zero-order valence-electron chi connectivity index (χ0n) is 6.52. The average Bonchev–Trinajstić information content (AvgIpc) is 1.79. The monoisotopic (exact) mass is 141 g/mol. The van der Waals surface area contributed by atoms with E-state index in [9.17, 15) is 9.90 Å².